The van der Waals surface area contributed by atoms with Crippen molar-refractivity contribution >= 4 is 17.8 Å². The van der Waals surface area contributed by atoms with Crippen LogP contribution in [0, 0.1) is 0 Å². The maximum atomic E-state index is 12.1. The molecule has 0 aliphatic heterocycles. The average molecular weight is 333 g/mol. The van der Waals surface area contributed by atoms with E-state index in [1.165, 1.54) is 6.92 Å². The number of hydrogen-bond acceptors (Lipinski definition) is 5. The summed E-state index contributed by atoms with van der Waals surface area (Å²) in [6, 6.07) is 6.50. The minimum atomic E-state index is -0.487. The van der Waals surface area contributed by atoms with Gasteiger partial charge in [-0.3, -0.25) is 14.4 Å². The van der Waals surface area contributed by atoms with Crippen LogP contribution >= 0.6 is 0 Å². The van der Waals surface area contributed by atoms with E-state index < -0.39 is 5.97 Å². The van der Waals surface area contributed by atoms with Crippen LogP contribution in [0.15, 0.2) is 36.4 Å². The van der Waals surface area contributed by atoms with Gasteiger partial charge >= 0.3 is 11.9 Å². The SMILES string of the molecule is CC/C=C\CC(=O)OCCCNC(=O)c1ccccc1OC(C)=O. The van der Waals surface area contributed by atoms with Crippen molar-refractivity contribution in [2.24, 2.45) is 0 Å². The molecular formula is C18H23NO5. The molecule has 130 valence electrons. The number of amides is 1. The maximum Gasteiger partial charge on any atom is 0.309 e. The number of carbonyl (C=O) groups excluding carboxylic acids is 3. The molecule has 24 heavy (non-hydrogen) atoms. The number of carbonyl (C=O) groups is 3. The van der Waals surface area contributed by atoms with Gasteiger partial charge in [0.05, 0.1) is 18.6 Å². The molecule has 0 aliphatic carbocycles. The van der Waals surface area contributed by atoms with Crippen molar-refractivity contribution in [1.29, 1.82) is 0 Å². The molecule has 0 heterocycles. The minimum Gasteiger partial charge on any atom is -0.465 e. The summed E-state index contributed by atoms with van der Waals surface area (Å²) < 4.78 is 10.0. The lowest BCUT2D eigenvalue weighted by Crippen LogP contribution is -2.26. The van der Waals surface area contributed by atoms with Gasteiger partial charge in [0.2, 0.25) is 0 Å². The lowest BCUT2D eigenvalue weighted by molar-refractivity contribution is -0.142. The highest BCUT2D eigenvalue weighted by Gasteiger charge is 2.12. The number of hydrogen-bond donors (Lipinski definition) is 1. The molecule has 0 unspecified atom stereocenters. The summed E-state index contributed by atoms with van der Waals surface area (Å²) in [6.07, 6.45) is 5.33. The summed E-state index contributed by atoms with van der Waals surface area (Å²) in [5, 5.41) is 2.70. The minimum absolute atomic E-state index is 0.219. The van der Waals surface area contributed by atoms with Gasteiger partial charge in [0, 0.05) is 13.5 Å². The molecule has 0 bridgehead atoms. The first-order valence-electron chi connectivity index (χ1n) is 7.90. The topological polar surface area (TPSA) is 81.7 Å². The van der Waals surface area contributed by atoms with Gasteiger partial charge in [0.1, 0.15) is 5.75 Å². The van der Waals surface area contributed by atoms with E-state index in [1.807, 2.05) is 13.0 Å². The summed E-state index contributed by atoms with van der Waals surface area (Å²) in [7, 11) is 0. The standard InChI is InChI=1S/C18H23NO5/c1-3-4-5-11-17(21)23-13-8-12-19-18(22)15-9-6-7-10-16(15)24-14(2)20/h4-7,9-10H,3,8,11-13H2,1-2H3,(H,19,22)/b5-4-. The van der Waals surface area contributed by atoms with Crippen molar-refractivity contribution in [3.63, 3.8) is 0 Å². The van der Waals surface area contributed by atoms with E-state index in [1.54, 1.807) is 30.3 Å². The van der Waals surface area contributed by atoms with Crippen LogP contribution in [0.25, 0.3) is 0 Å². The van der Waals surface area contributed by atoms with E-state index in [9.17, 15) is 14.4 Å². The zero-order valence-electron chi connectivity index (χ0n) is 14.0. The number of rotatable bonds is 9. The molecule has 6 heteroatoms. The molecule has 0 radical (unpaired) electrons. The molecule has 0 aromatic heterocycles. The van der Waals surface area contributed by atoms with Gasteiger partial charge in [-0.15, -0.1) is 0 Å². The van der Waals surface area contributed by atoms with Gasteiger partial charge in [-0.1, -0.05) is 31.2 Å². The third-order valence-electron chi connectivity index (χ3n) is 2.94. The summed E-state index contributed by atoms with van der Waals surface area (Å²) in [5.74, 6) is -0.897. The van der Waals surface area contributed by atoms with Gasteiger partial charge in [-0.05, 0) is 25.0 Å². The van der Waals surface area contributed by atoms with Crippen LogP contribution in [-0.2, 0) is 14.3 Å². The second-order valence-corrected chi connectivity index (χ2v) is 5.00. The fourth-order valence-electron chi connectivity index (χ4n) is 1.86. The summed E-state index contributed by atoms with van der Waals surface area (Å²) >= 11 is 0. The molecule has 0 aliphatic rings. The number of ether oxygens (including phenoxy) is 2. The van der Waals surface area contributed by atoms with Crippen LogP contribution in [0.3, 0.4) is 0 Å². The fraction of sp³-hybridized carbons (Fsp3) is 0.389. The average Bonchev–Trinajstić information content (AvgIpc) is 2.54. The summed E-state index contributed by atoms with van der Waals surface area (Å²) in [5.41, 5.74) is 0.286. The van der Waals surface area contributed by atoms with Crippen molar-refractivity contribution in [2.45, 2.75) is 33.1 Å². The van der Waals surface area contributed by atoms with Crippen molar-refractivity contribution in [1.82, 2.24) is 5.32 Å². The molecule has 0 atom stereocenters. The fourth-order valence-corrected chi connectivity index (χ4v) is 1.86. The van der Waals surface area contributed by atoms with E-state index in [4.69, 9.17) is 9.47 Å². The van der Waals surface area contributed by atoms with Crippen molar-refractivity contribution in [3.8, 4) is 5.75 Å². The van der Waals surface area contributed by atoms with E-state index in [2.05, 4.69) is 5.32 Å². The Hall–Kier alpha value is -2.63. The Morgan fingerprint density at radius 1 is 1.17 bits per heavy atom. The normalized spacial score (nSPS) is 10.4. The number of nitrogens with one attached hydrogen (secondary N) is 1. The van der Waals surface area contributed by atoms with Gasteiger partial charge in [-0.2, -0.15) is 0 Å². The molecule has 1 rings (SSSR count). The zero-order valence-corrected chi connectivity index (χ0v) is 14.0. The van der Waals surface area contributed by atoms with Crippen molar-refractivity contribution in [2.75, 3.05) is 13.2 Å². The maximum absolute atomic E-state index is 12.1. The molecule has 0 saturated carbocycles. The number of benzene rings is 1. The number of para-hydroxylation sites is 1. The van der Waals surface area contributed by atoms with Crippen molar-refractivity contribution in [3.05, 3.63) is 42.0 Å². The Labute approximate surface area is 141 Å². The largest absolute Gasteiger partial charge is 0.465 e. The third kappa shape index (κ3) is 7.58. The highest BCUT2D eigenvalue weighted by atomic mass is 16.5. The highest BCUT2D eigenvalue weighted by Crippen LogP contribution is 2.17. The lowest BCUT2D eigenvalue weighted by Gasteiger charge is -2.09. The second-order valence-electron chi connectivity index (χ2n) is 5.00. The number of allylic oxidation sites excluding steroid dienone is 1. The Bertz CT molecular complexity index is 595. The van der Waals surface area contributed by atoms with Gasteiger partial charge < -0.3 is 14.8 Å². The Kier molecular flexibility index (Phi) is 8.89. The highest BCUT2D eigenvalue weighted by molar-refractivity contribution is 5.97. The summed E-state index contributed by atoms with van der Waals surface area (Å²) in [4.78, 5) is 34.5. The monoisotopic (exact) mass is 333 g/mol. The Morgan fingerprint density at radius 2 is 1.92 bits per heavy atom. The Balaban J connectivity index is 2.33. The van der Waals surface area contributed by atoms with E-state index in [-0.39, 0.29) is 36.2 Å². The first-order valence-corrected chi connectivity index (χ1v) is 7.90. The zero-order chi connectivity index (χ0) is 17.8. The van der Waals surface area contributed by atoms with Crippen LogP contribution in [0.1, 0.15) is 43.5 Å². The van der Waals surface area contributed by atoms with E-state index >= 15 is 0 Å². The molecule has 1 amide bonds. The smallest absolute Gasteiger partial charge is 0.309 e. The second kappa shape index (κ2) is 11.0. The van der Waals surface area contributed by atoms with Gasteiger partial charge in [0.25, 0.3) is 5.91 Å². The van der Waals surface area contributed by atoms with E-state index in [0.717, 1.165) is 6.42 Å². The lowest BCUT2D eigenvalue weighted by atomic mass is 10.2. The number of esters is 2. The summed E-state index contributed by atoms with van der Waals surface area (Å²) in [6.45, 7) is 3.86. The molecule has 0 spiro atoms. The predicted molar refractivity (Wildman–Crippen MR) is 89.7 cm³/mol. The molecule has 1 N–H and O–H groups in total. The van der Waals surface area contributed by atoms with Crippen LogP contribution in [0.4, 0.5) is 0 Å². The van der Waals surface area contributed by atoms with Crippen LogP contribution in [0.5, 0.6) is 5.75 Å². The first-order chi connectivity index (χ1) is 11.5. The van der Waals surface area contributed by atoms with Gasteiger partial charge in [-0.25, -0.2) is 0 Å². The predicted octanol–water partition coefficient (Wildman–Crippen LogP) is 2.63. The third-order valence-corrected chi connectivity index (χ3v) is 2.94. The quantitative estimate of drug-likeness (QED) is 0.325. The first kappa shape index (κ1) is 19.4. The van der Waals surface area contributed by atoms with Crippen molar-refractivity contribution < 1.29 is 23.9 Å². The molecule has 1 aromatic rings. The van der Waals surface area contributed by atoms with Crippen LogP contribution in [-0.4, -0.2) is 31.0 Å². The van der Waals surface area contributed by atoms with Gasteiger partial charge in [0.15, 0.2) is 0 Å². The Morgan fingerprint density at radius 3 is 2.62 bits per heavy atom. The van der Waals surface area contributed by atoms with Crippen LogP contribution < -0.4 is 10.1 Å². The van der Waals surface area contributed by atoms with E-state index in [0.29, 0.717) is 13.0 Å². The molecule has 6 nitrogen and oxygen atoms in total. The molecule has 0 fully saturated rings. The van der Waals surface area contributed by atoms with Crippen LogP contribution in [0.2, 0.25) is 0 Å². The molecular weight excluding hydrogens is 310 g/mol. The molecule has 0 saturated heterocycles. The molecule has 1 aromatic carbocycles.